The first-order valence-corrected chi connectivity index (χ1v) is 12.3. The smallest absolute Gasteiger partial charge is 0.327 e. The Morgan fingerprint density at radius 1 is 1.33 bits per heavy atom. The zero-order valence-electron chi connectivity index (χ0n) is 19.8. The summed E-state index contributed by atoms with van der Waals surface area (Å²) in [6.45, 7) is 13.1. The predicted molar refractivity (Wildman–Crippen MR) is 125 cm³/mol. The summed E-state index contributed by atoms with van der Waals surface area (Å²) in [7, 11) is -3.87. The molecule has 0 spiro atoms. The number of carbonyl (C=O) groups excluding carboxylic acids is 1. The quantitative estimate of drug-likeness (QED) is 0.283. The van der Waals surface area contributed by atoms with E-state index in [1.807, 2.05) is 13.8 Å². The van der Waals surface area contributed by atoms with Crippen LogP contribution in [0.15, 0.2) is 47.8 Å². The molecule has 0 aliphatic carbocycles. The Morgan fingerprint density at radius 3 is 2.67 bits per heavy atom. The lowest BCUT2D eigenvalue weighted by Crippen LogP contribution is -2.28. The SMILES string of the molecule is C=C(/C=C\C)Oc1ncc(S(=O)(=O)NC(C)c2cnn(CC(=O)OCC)c2CCC)cc1C. The van der Waals surface area contributed by atoms with E-state index < -0.39 is 22.0 Å². The number of nitrogens with zero attached hydrogens (tertiary/aromatic N) is 3. The van der Waals surface area contributed by atoms with Crippen LogP contribution in [0.25, 0.3) is 0 Å². The largest absolute Gasteiger partial charge is 0.465 e. The first kappa shape index (κ1) is 26.3. The van der Waals surface area contributed by atoms with Crippen molar-refractivity contribution in [1.29, 1.82) is 0 Å². The van der Waals surface area contributed by atoms with Crippen molar-refractivity contribution in [2.75, 3.05) is 6.61 Å². The molecule has 0 bridgehead atoms. The van der Waals surface area contributed by atoms with Crippen LogP contribution in [0.5, 0.6) is 5.88 Å². The Bertz CT molecular complexity index is 1120. The van der Waals surface area contributed by atoms with Crippen LogP contribution in [0.4, 0.5) is 0 Å². The molecule has 2 rings (SSSR count). The van der Waals surface area contributed by atoms with Crippen LogP contribution in [0.2, 0.25) is 0 Å². The van der Waals surface area contributed by atoms with Crippen LogP contribution in [0.1, 0.15) is 57.0 Å². The number of nitrogens with one attached hydrogen (secondary N) is 1. The van der Waals surface area contributed by atoms with Gasteiger partial charge in [0, 0.05) is 22.9 Å². The van der Waals surface area contributed by atoms with Gasteiger partial charge in [-0.25, -0.2) is 18.1 Å². The standard InChI is InChI=1S/C23H32N4O5S/c1-7-10-17(5)32-23-16(4)12-19(13-24-23)33(29,30)26-18(6)20-14-25-27(21(20)11-8-2)15-22(28)31-9-3/h7,10,12-14,18,26H,5,8-9,11,15H2,1-4,6H3/b10-7-. The topological polar surface area (TPSA) is 112 Å². The minimum Gasteiger partial charge on any atom is -0.465 e. The summed E-state index contributed by atoms with van der Waals surface area (Å²) in [5.41, 5.74) is 2.06. The van der Waals surface area contributed by atoms with E-state index in [1.165, 1.54) is 12.3 Å². The molecule has 1 atom stereocenters. The van der Waals surface area contributed by atoms with Crippen LogP contribution in [-0.4, -0.2) is 35.8 Å². The maximum atomic E-state index is 13.0. The van der Waals surface area contributed by atoms with E-state index in [1.54, 1.807) is 43.8 Å². The van der Waals surface area contributed by atoms with Gasteiger partial charge in [0.15, 0.2) is 0 Å². The molecule has 1 unspecified atom stereocenters. The molecular weight excluding hydrogens is 444 g/mol. The number of hydrogen-bond donors (Lipinski definition) is 1. The number of allylic oxidation sites excluding steroid dienone is 2. The van der Waals surface area contributed by atoms with Gasteiger partial charge >= 0.3 is 5.97 Å². The zero-order chi connectivity index (χ0) is 24.6. The van der Waals surface area contributed by atoms with E-state index in [0.717, 1.165) is 12.1 Å². The molecule has 0 saturated carbocycles. The Balaban J connectivity index is 2.24. The fourth-order valence-corrected chi connectivity index (χ4v) is 4.51. The summed E-state index contributed by atoms with van der Waals surface area (Å²) in [4.78, 5) is 16.1. The molecule has 0 amide bonds. The summed E-state index contributed by atoms with van der Waals surface area (Å²) in [5, 5.41) is 4.29. The number of esters is 1. The van der Waals surface area contributed by atoms with Gasteiger partial charge in [-0.15, -0.1) is 0 Å². The highest BCUT2D eigenvalue weighted by atomic mass is 32.2. The molecule has 0 aromatic carbocycles. The van der Waals surface area contributed by atoms with Gasteiger partial charge in [0.1, 0.15) is 17.2 Å². The van der Waals surface area contributed by atoms with Gasteiger partial charge in [0.25, 0.3) is 0 Å². The maximum Gasteiger partial charge on any atom is 0.327 e. The third kappa shape index (κ3) is 7.00. The van der Waals surface area contributed by atoms with Crippen molar-refractivity contribution in [2.24, 2.45) is 0 Å². The zero-order valence-corrected chi connectivity index (χ0v) is 20.6. The molecule has 0 fully saturated rings. The summed E-state index contributed by atoms with van der Waals surface area (Å²) in [5.74, 6) is 0.299. The van der Waals surface area contributed by atoms with Gasteiger partial charge in [-0.1, -0.05) is 26.0 Å². The van der Waals surface area contributed by atoms with E-state index in [4.69, 9.17) is 9.47 Å². The molecule has 33 heavy (non-hydrogen) atoms. The van der Waals surface area contributed by atoms with Crippen molar-refractivity contribution < 1.29 is 22.7 Å². The van der Waals surface area contributed by atoms with Gasteiger partial charge in [-0.3, -0.25) is 9.48 Å². The molecule has 0 saturated heterocycles. The number of ether oxygens (including phenoxy) is 2. The molecule has 1 N–H and O–H groups in total. The Hall–Kier alpha value is -2.98. The lowest BCUT2D eigenvalue weighted by Gasteiger charge is -2.16. The molecule has 0 aliphatic rings. The minimum atomic E-state index is -3.87. The lowest BCUT2D eigenvalue weighted by atomic mass is 10.1. The third-order valence-electron chi connectivity index (χ3n) is 4.75. The van der Waals surface area contributed by atoms with Crippen LogP contribution >= 0.6 is 0 Å². The second-order valence-electron chi connectivity index (χ2n) is 7.46. The number of sulfonamides is 1. The van der Waals surface area contributed by atoms with Gasteiger partial charge in [0.05, 0.1) is 19.0 Å². The van der Waals surface area contributed by atoms with E-state index in [9.17, 15) is 13.2 Å². The van der Waals surface area contributed by atoms with Gasteiger partial charge in [-0.05, 0) is 46.3 Å². The predicted octanol–water partition coefficient (Wildman–Crippen LogP) is 3.61. The number of pyridine rings is 1. The molecule has 10 heteroatoms. The summed E-state index contributed by atoms with van der Waals surface area (Å²) < 4.78 is 40.8. The highest BCUT2D eigenvalue weighted by Crippen LogP contribution is 2.24. The molecule has 9 nitrogen and oxygen atoms in total. The van der Waals surface area contributed by atoms with Crippen LogP contribution < -0.4 is 9.46 Å². The summed E-state index contributed by atoms with van der Waals surface area (Å²) in [6.07, 6.45) is 7.75. The van der Waals surface area contributed by atoms with Gasteiger partial charge in [-0.2, -0.15) is 5.10 Å². The number of aromatic nitrogens is 3. The highest BCUT2D eigenvalue weighted by molar-refractivity contribution is 7.89. The van der Waals surface area contributed by atoms with Crippen LogP contribution in [0, 0.1) is 6.92 Å². The van der Waals surface area contributed by atoms with Crippen molar-refractivity contribution in [3.05, 3.63) is 59.8 Å². The lowest BCUT2D eigenvalue weighted by molar-refractivity contribution is -0.144. The minimum absolute atomic E-state index is 0.0202. The molecule has 2 heterocycles. The van der Waals surface area contributed by atoms with E-state index >= 15 is 0 Å². The molecule has 2 aromatic rings. The molecule has 180 valence electrons. The molecular formula is C23H32N4O5S. The monoisotopic (exact) mass is 476 g/mol. The second kappa shape index (κ2) is 11.8. The van der Waals surface area contributed by atoms with Crippen molar-refractivity contribution in [2.45, 2.75) is 64.9 Å². The van der Waals surface area contributed by atoms with Crippen molar-refractivity contribution in [1.82, 2.24) is 19.5 Å². The molecule has 0 aliphatic heterocycles. The fourth-order valence-electron chi connectivity index (χ4n) is 3.26. The van der Waals surface area contributed by atoms with Gasteiger partial charge < -0.3 is 9.47 Å². The van der Waals surface area contributed by atoms with E-state index in [0.29, 0.717) is 23.3 Å². The number of carbonyl (C=O) groups is 1. The Kier molecular flexibility index (Phi) is 9.36. The van der Waals surface area contributed by atoms with Crippen molar-refractivity contribution in [3.63, 3.8) is 0 Å². The van der Waals surface area contributed by atoms with Gasteiger partial charge in [0.2, 0.25) is 15.9 Å². The maximum absolute atomic E-state index is 13.0. The van der Waals surface area contributed by atoms with E-state index in [2.05, 4.69) is 21.4 Å². The number of hydrogen-bond acceptors (Lipinski definition) is 7. The average Bonchev–Trinajstić information content (AvgIpc) is 3.12. The Labute approximate surface area is 195 Å². The van der Waals surface area contributed by atoms with Crippen molar-refractivity contribution in [3.8, 4) is 5.88 Å². The first-order chi connectivity index (χ1) is 15.6. The van der Waals surface area contributed by atoms with Crippen molar-refractivity contribution >= 4 is 16.0 Å². The Morgan fingerprint density at radius 2 is 2.06 bits per heavy atom. The fraction of sp³-hybridized carbons (Fsp3) is 0.435. The van der Waals surface area contributed by atoms with Crippen LogP contribution in [0.3, 0.4) is 0 Å². The average molecular weight is 477 g/mol. The first-order valence-electron chi connectivity index (χ1n) is 10.8. The third-order valence-corrected chi connectivity index (χ3v) is 6.25. The highest BCUT2D eigenvalue weighted by Gasteiger charge is 2.24. The normalized spacial score (nSPS) is 12.6. The number of aryl methyl sites for hydroxylation is 1. The summed E-state index contributed by atoms with van der Waals surface area (Å²) >= 11 is 0. The van der Waals surface area contributed by atoms with E-state index in [-0.39, 0.29) is 23.9 Å². The number of rotatable bonds is 12. The summed E-state index contributed by atoms with van der Waals surface area (Å²) in [6, 6.07) is 0.926. The molecule has 0 radical (unpaired) electrons. The second-order valence-corrected chi connectivity index (χ2v) is 9.18. The van der Waals surface area contributed by atoms with Crippen LogP contribution in [-0.2, 0) is 32.5 Å². The molecule has 2 aromatic heterocycles.